The van der Waals surface area contributed by atoms with Gasteiger partial charge in [0.05, 0.1) is 22.5 Å². The van der Waals surface area contributed by atoms with E-state index < -0.39 is 23.5 Å². The number of hydrogen-bond donors (Lipinski definition) is 0. The van der Waals surface area contributed by atoms with E-state index in [4.69, 9.17) is 4.74 Å². The van der Waals surface area contributed by atoms with Crippen molar-refractivity contribution in [2.24, 2.45) is 0 Å². The van der Waals surface area contributed by atoms with E-state index in [9.17, 15) is 26.3 Å². The SMILES string of the molecule is FC(F)(F)c1cc(-c2csc(Sc3nnnn3-c3ccc(Oc4ccccc4)cc3)n2)cc(C(F)(F)F)c1. The molecule has 0 N–H and O–H groups in total. The van der Waals surface area contributed by atoms with Crippen molar-refractivity contribution in [1.29, 1.82) is 0 Å². The number of para-hydroxylation sites is 1. The zero-order valence-corrected chi connectivity index (χ0v) is 20.4. The first-order chi connectivity index (χ1) is 18.1. The summed E-state index contributed by atoms with van der Waals surface area (Å²) < 4.78 is 86.9. The molecule has 3 aromatic carbocycles. The molecule has 5 rings (SSSR count). The van der Waals surface area contributed by atoms with Gasteiger partial charge in [0, 0.05) is 10.9 Å². The van der Waals surface area contributed by atoms with Gasteiger partial charge in [0.2, 0.25) is 5.16 Å². The maximum absolute atomic E-state index is 13.2. The molecule has 0 saturated heterocycles. The number of tetrazole rings is 1. The average molecular weight is 566 g/mol. The average Bonchev–Trinajstić information content (AvgIpc) is 3.54. The second kappa shape index (κ2) is 10.1. The van der Waals surface area contributed by atoms with Crippen molar-refractivity contribution in [2.45, 2.75) is 21.8 Å². The molecule has 2 aromatic heterocycles. The predicted molar refractivity (Wildman–Crippen MR) is 127 cm³/mol. The standard InChI is InChI=1S/C24H13F6N5OS2/c25-23(26,27)15-10-14(11-16(12-15)24(28,29)30)20-13-37-22(31-20)38-21-32-33-34-35(21)17-6-8-19(9-7-17)36-18-4-2-1-3-5-18/h1-13H. The molecule has 0 spiro atoms. The molecule has 0 bridgehead atoms. The van der Waals surface area contributed by atoms with Crippen LogP contribution in [0.15, 0.2) is 87.7 Å². The van der Waals surface area contributed by atoms with Crippen LogP contribution in [-0.4, -0.2) is 25.2 Å². The Morgan fingerprint density at radius 1 is 0.789 bits per heavy atom. The summed E-state index contributed by atoms with van der Waals surface area (Å²) in [5.74, 6) is 1.26. The number of benzene rings is 3. The summed E-state index contributed by atoms with van der Waals surface area (Å²) in [4.78, 5) is 4.22. The molecule has 0 amide bonds. The molecule has 0 radical (unpaired) electrons. The predicted octanol–water partition coefficient (Wildman–Crippen LogP) is 7.77. The highest BCUT2D eigenvalue weighted by Crippen LogP contribution is 2.40. The maximum atomic E-state index is 13.2. The lowest BCUT2D eigenvalue weighted by Crippen LogP contribution is -2.11. The van der Waals surface area contributed by atoms with Gasteiger partial charge in [-0.25, -0.2) is 4.98 Å². The minimum Gasteiger partial charge on any atom is -0.457 e. The first-order valence-electron chi connectivity index (χ1n) is 10.6. The summed E-state index contributed by atoms with van der Waals surface area (Å²) in [7, 11) is 0. The van der Waals surface area contributed by atoms with Crippen LogP contribution < -0.4 is 4.74 Å². The quantitative estimate of drug-likeness (QED) is 0.196. The number of thiazole rings is 1. The molecule has 0 atom stereocenters. The fourth-order valence-corrected chi connectivity index (χ4v) is 5.02. The van der Waals surface area contributed by atoms with Gasteiger partial charge in [0.25, 0.3) is 0 Å². The van der Waals surface area contributed by atoms with Gasteiger partial charge in [0.15, 0.2) is 4.34 Å². The Bertz CT molecular complexity index is 1520. The van der Waals surface area contributed by atoms with Crippen molar-refractivity contribution in [3.63, 3.8) is 0 Å². The highest BCUT2D eigenvalue weighted by atomic mass is 32.2. The summed E-state index contributed by atoms with van der Waals surface area (Å²) in [6.07, 6.45) is -9.90. The van der Waals surface area contributed by atoms with Gasteiger partial charge in [-0.05, 0) is 76.8 Å². The van der Waals surface area contributed by atoms with Crippen LogP contribution in [0.5, 0.6) is 11.5 Å². The lowest BCUT2D eigenvalue weighted by atomic mass is 10.0. The number of hydrogen-bond acceptors (Lipinski definition) is 7. The minimum atomic E-state index is -4.95. The van der Waals surface area contributed by atoms with Gasteiger partial charge >= 0.3 is 12.4 Å². The maximum Gasteiger partial charge on any atom is 0.416 e. The third-order valence-corrected chi connectivity index (χ3v) is 6.92. The Hall–Kier alpha value is -3.91. The van der Waals surface area contributed by atoms with Crippen molar-refractivity contribution in [3.05, 3.63) is 89.3 Å². The summed E-state index contributed by atoms with van der Waals surface area (Å²) in [6.45, 7) is 0. The van der Waals surface area contributed by atoms with E-state index in [2.05, 4.69) is 20.5 Å². The number of aromatic nitrogens is 5. The largest absolute Gasteiger partial charge is 0.457 e. The number of halogens is 6. The van der Waals surface area contributed by atoms with Gasteiger partial charge in [-0.3, -0.25) is 0 Å². The van der Waals surface area contributed by atoms with Crippen LogP contribution in [0.1, 0.15) is 11.1 Å². The van der Waals surface area contributed by atoms with Gasteiger partial charge in [0.1, 0.15) is 11.5 Å². The van der Waals surface area contributed by atoms with Crippen molar-refractivity contribution < 1.29 is 31.1 Å². The second-order valence-corrected chi connectivity index (χ2v) is 9.75. The lowest BCUT2D eigenvalue weighted by molar-refractivity contribution is -0.143. The fourth-order valence-electron chi connectivity index (χ4n) is 3.30. The van der Waals surface area contributed by atoms with Crippen molar-refractivity contribution in [2.75, 3.05) is 0 Å². The molecule has 2 heterocycles. The van der Waals surface area contributed by atoms with Gasteiger partial charge in [-0.1, -0.05) is 18.2 Å². The fraction of sp³-hybridized carbons (Fsp3) is 0.0833. The van der Waals surface area contributed by atoms with E-state index in [0.29, 0.717) is 38.8 Å². The molecule has 0 saturated carbocycles. The van der Waals surface area contributed by atoms with Crippen molar-refractivity contribution >= 4 is 23.1 Å². The summed E-state index contributed by atoms with van der Waals surface area (Å²) in [5.41, 5.74) is -2.55. The van der Waals surface area contributed by atoms with Crippen molar-refractivity contribution in [3.8, 4) is 28.4 Å². The third-order valence-electron chi connectivity index (χ3n) is 5.05. The Labute approximate surface area is 218 Å². The van der Waals surface area contributed by atoms with E-state index in [-0.39, 0.29) is 17.3 Å². The zero-order valence-electron chi connectivity index (χ0n) is 18.7. The highest BCUT2D eigenvalue weighted by Gasteiger charge is 2.37. The molecule has 0 fully saturated rings. The van der Waals surface area contributed by atoms with Crippen LogP contribution in [0.3, 0.4) is 0 Å². The van der Waals surface area contributed by atoms with E-state index >= 15 is 0 Å². The molecule has 0 unspecified atom stereocenters. The molecule has 0 aliphatic carbocycles. The Morgan fingerprint density at radius 2 is 1.42 bits per heavy atom. The normalized spacial score (nSPS) is 12.1. The van der Waals surface area contributed by atoms with E-state index in [1.807, 2.05) is 30.3 Å². The zero-order chi connectivity index (χ0) is 26.9. The molecule has 0 aliphatic rings. The van der Waals surface area contributed by atoms with E-state index in [1.54, 1.807) is 24.3 Å². The Balaban J connectivity index is 1.37. The van der Waals surface area contributed by atoms with Gasteiger partial charge in [-0.15, -0.1) is 16.4 Å². The monoisotopic (exact) mass is 565 g/mol. The second-order valence-electron chi connectivity index (χ2n) is 7.68. The summed E-state index contributed by atoms with van der Waals surface area (Å²) in [5, 5.41) is 13.3. The van der Waals surface area contributed by atoms with Gasteiger partial charge < -0.3 is 4.74 Å². The lowest BCUT2D eigenvalue weighted by Gasteiger charge is -2.13. The summed E-state index contributed by atoms with van der Waals surface area (Å²) >= 11 is 2.05. The van der Waals surface area contributed by atoms with Crippen LogP contribution >= 0.6 is 23.1 Å². The molecule has 5 aromatic rings. The molecule has 194 valence electrons. The smallest absolute Gasteiger partial charge is 0.416 e. The molecule has 38 heavy (non-hydrogen) atoms. The summed E-state index contributed by atoms with van der Waals surface area (Å²) in [6, 6.07) is 17.5. The van der Waals surface area contributed by atoms with Gasteiger partial charge in [-0.2, -0.15) is 31.0 Å². The van der Waals surface area contributed by atoms with Crippen LogP contribution in [0.25, 0.3) is 16.9 Å². The highest BCUT2D eigenvalue weighted by molar-refractivity contribution is 8.00. The van der Waals surface area contributed by atoms with Crippen molar-refractivity contribution in [1.82, 2.24) is 25.2 Å². The topological polar surface area (TPSA) is 65.7 Å². The van der Waals surface area contributed by atoms with Crippen LogP contribution in [0.4, 0.5) is 26.3 Å². The van der Waals surface area contributed by atoms with Crippen LogP contribution in [0, 0.1) is 0 Å². The first kappa shape index (κ1) is 25.7. The van der Waals surface area contributed by atoms with E-state index in [1.165, 1.54) is 10.1 Å². The Morgan fingerprint density at radius 3 is 2.05 bits per heavy atom. The number of alkyl halides is 6. The Kier molecular flexibility index (Phi) is 6.84. The first-order valence-corrected chi connectivity index (χ1v) is 12.3. The molecule has 0 aliphatic heterocycles. The number of nitrogens with zero attached hydrogens (tertiary/aromatic N) is 5. The molecular weight excluding hydrogens is 552 g/mol. The molecule has 6 nitrogen and oxygen atoms in total. The van der Waals surface area contributed by atoms with Crippen LogP contribution in [-0.2, 0) is 12.4 Å². The number of ether oxygens (including phenoxy) is 1. The van der Waals surface area contributed by atoms with E-state index in [0.717, 1.165) is 23.1 Å². The van der Waals surface area contributed by atoms with Crippen LogP contribution in [0.2, 0.25) is 0 Å². The number of rotatable bonds is 6. The third kappa shape index (κ3) is 5.81. The molecule has 14 heteroatoms. The molecular formula is C24H13F6N5OS2. The minimum absolute atomic E-state index is 0.0319.